The monoisotopic (exact) mass is 502 g/mol. The number of guanidine groups is 1. The number of hydrogen-bond donors (Lipinski definition) is 3. The number of hydrogen-bond acceptors (Lipinski definition) is 4. The van der Waals surface area contributed by atoms with Crippen molar-refractivity contribution in [2.24, 2.45) is 10.4 Å². The summed E-state index contributed by atoms with van der Waals surface area (Å²) < 4.78 is 5.75. The van der Waals surface area contributed by atoms with E-state index in [0.29, 0.717) is 18.7 Å². The first-order chi connectivity index (χ1) is 13.1. The molecule has 2 aliphatic rings. The molecule has 0 aromatic heterocycles. The molecule has 0 saturated carbocycles. The molecule has 1 atom stereocenters. The second kappa shape index (κ2) is 10.8. The number of ether oxygens (including phenoxy) is 1. The molecule has 1 aromatic carbocycles. The van der Waals surface area contributed by atoms with Crippen LogP contribution < -0.4 is 10.6 Å². The van der Waals surface area contributed by atoms with Crippen molar-refractivity contribution in [2.45, 2.75) is 25.7 Å². The van der Waals surface area contributed by atoms with Crippen molar-refractivity contribution in [1.29, 1.82) is 0 Å². The largest absolute Gasteiger partial charge is 0.508 e. The van der Waals surface area contributed by atoms with Crippen LogP contribution in [0.2, 0.25) is 0 Å². The molecule has 2 heterocycles. The minimum absolute atomic E-state index is 0. The van der Waals surface area contributed by atoms with Gasteiger partial charge >= 0.3 is 0 Å². The molecular formula is C20H31IN4O3. The van der Waals surface area contributed by atoms with Gasteiger partial charge in [0.15, 0.2) is 5.96 Å². The summed E-state index contributed by atoms with van der Waals surface area (Å²) in [5, 5.41) is 15.5. The number of phenols is 1. The number of nitrogens with zero attached hydrogens (tertiary/aromatic N) is 2. The number of carbonyl (C=O) groups is 1. The maximum Gasteiger partial charge on any atom is 0.251 e. The van der Waals surface area contributed by atoms with Crippen LogP contribution in [0.4, 0.5) is 0 Å². The average molecular weight is 502 g/mol. The van der Waals surface area contributed by atoms with E-state index >= 15 is 0 Å². The van der Waals surface area contributed by atoms with Crippen molar-refractivity contribution in [2.75, 3.05) is 46.4 Å². The van der Waals surface area contributed by atoms with Gasteiger partial charge in [-0.25, -0.2) is 0 Å². The lowest BCUT2D eigenvalue weighted by atomic mass is 9.76. The zero-order valence-corrected chi connectivity index (χ0v) is 18.8. The van der Waals surface area contributed by atoms with Crippen LogP contribution >= 0.6 is 24.0 Å². The fourth-order valence-electron chi connectivity index (χ4n) is 4.02. The summed E-state index contributed by atoms with van der Waals surface area (Å²) in [4.78, 5) is 18.8. The maximum absolute atomic E-state index is 12.1. The highest BCUT2D eigenvalue weighted by molar-refractivity contribution is 14.0. The van der Waals surface area contributed by atoms with Crippen LogP contribution in [0, 0.1) is 5.41 Å². The zero-order chi connectivity index (χ0) is 19.1. The summed E-state index contributed by atoms with van der Waals surface area (Å²) in [6, 6.07) is 6.24. The molecule has 0 aliphatic carbocycles. The fourth-order valence-corrected chi connectivity index (χ4v) is 4.02. The third-order valence-corrected chi connectivity index (χ3v) is 5.40. The summed E-state index contributed by atoms with van der Waals surface area (Å²) in [7, 11) is 1.80. The van der Waals surface area contributed by atoms with E-state index in [1.165, 1.54) is 25.0 Å². The predicted octanol–water partition coefficient (Wildman–Crippen LogP) is 2.21. The molecule has 2 aliphatic heterocycles. The van der Waals surface area contributed by atoms with Gasteiger partial charge in [-0.05, 0) is 49.9 Å². The zero-order valence-electron chi connectivity index (χ0n) is 16.4. The number of nitrogens with one attached hydrogen (secondary N) is 2. The van der Waals surface area contributed by atoms with E-state index in [0.717, 1.165) is 45.1 Å². The van der Waals surface area contributed by atoms with Gasteiger partial charge in [0, 0.05) is 50.8 Å². The van der Waals surface area contributed by atoms with Gasteiger partial charge in [0.05, 0.1) is 6.61 Å². The van der Waals surface area contributed by atoms with Crippen molar-refractivity contribution >= 4 is 35.8 Å². The van der Waals surface area contributed by atoms with E-state index in [4.69, 9.17) is 4.74 Å². The van der Waals surface area contributed by atoms with Gasteiger partial charge in [0.25, 0.3) is 5.91 Å². The minimum atomic E-state index is -0.150. The lowest BCUT2D eigenvalue weighted by Crippen LogP contribution is -2.53. The van der Waals surface area contributed by atoms with Gasteiger partial charge in [0.2, 0.25) is 0 Å². The molecule has 156 valence electrons. The van der Waals surface area contributed by atoms with Gasteiger partial charge in [-0.3, -0.25) is 9.79 Å². The second-order valence-corrected chi connectivity index (χ2v) is 7.46. The quantitative estimate of drug-likeness (QED) is 0.255. The fraction of sp³-hybridized carbons (Fsp3) is 0.600. The topological polar surface area (TPSA) is 86.2 Å². The lowest BCUT2D eigenvalue weighted by Gasteiger charge is -2.45. The Morgan fingerprint density at radius 3 is 2.61 bits per heavy atom. The maximum atomic E-state index is 12.1. The van der Waals surface area contributed by atoms with Crippen LogP contribution in [-0.2, 0) is 4.74 Å². The summed E-state index contributed by atoms with van der Waals surface area (Å²) in [5.41, 5.74) is 0.800. The van der Waals surface area contributed by atoms with Crippen LogP contribution in [0.25, 0.3) is 0 Å². The summed E-state index contributed by atoms with van der Waals surface area (Å²) in [6.07, 6.45) is 4.75. The number of carbonyl (C=O) groups excluding carboxylic acids is 1. The Hall–Kier alpha value is -1.55. The van der Waals surface area contributed by atoms with E-state index in [-0.39, 0.29) is 41.0 Å². The van der Waals surface area contributed by atoms with Crippen LogP contribution in [0.5, 0.6) is 5.75 Å². The predicted molar refractivity (Wildman–Crippen MR) is 121 cm³/mol. The number of aromatic hydroxyl groups is 1. The first-order valence-corrected chi connectivity index (χ1v) is 9.72. The van der Waals surface area contributed by atoms with Gasteiger partial charge in [-0.1, -0.05) is 0 Å². The van der Waals surface area contributed by atoms with E-state index in [1.807, 2.05) is 0 Å². The van der Waals surface area contributed by atoms with Crippen LogP contribution in [-0.4, -0.2) is 68.3 Å². The highest BCUT2D eigenvalue weighted by atomic mass is 127. The molecule has 0 radical (unpaired) electrons. The molecule has 1 spiro atoms. The SMILES string of the molecule is CN=C(NCCNC(=O)c1ccc(O)cc1)N1CCCC2(CCCOC2)C1.I. The van der Waals surface area contributed by atoms with E-state index in [1.54, 1.807) is 19.2 Å². The number of benzene rings is 1. The number of aliphatic imine (C=N–C) groups is 1. The second-order valence-electron chi connectivity index (χ2n) is 7.46. The third kappa shape index (κ3) is 5.97. The first kappa shape index (κ1) is 22.7. The Labute approximate surface area is 183 Å². The van der Waals surface area contributed by atoms with E-state index < -0.39 is 0 Å². The van der Waals surface area contributed by atoms with Crippen LogP contribution in [0.3, 0.4) is 0 Å². The van der Waals surface area contributed by atoms with Gasteiger partial charge < -0.3 is 25.4 Å². The summed E-state index contributed by atoms with van der Waals surface area (Å²) in [6.45, 7) is 4.82. The summed E-state index contributed by atoms with van der Waals surface area (Å²) in [5.74, 6) is 0.890. The summed E-state index contributed by atoms with van der Waals surface area (Å²) >= 11 is 0. The van der Waals surface area contributed by atoms with Crippen LogP contribution in [0.1, 0.15) is 36.0 Å². The lowest BCUT2D eigenvalue weighted by molar-refractivity contribution is -0.0370. The Balaban J connectivity index is 0.00000280. The van der Waals surface area contributed by atoms with Crippen LogP contribution in [0.15, 0.2) is 29.3 Å². The highest BCUT2D eigenvalue weighted by Gasteiger charge is 2.38. The minimum Gasteiger partial charge on any atom is -0.508 e. The Kier molecular flexibility index (Phi) is 8.81. The molecule has 3 rings (SSSR count). The van der Waals surface area contributed by atoms with Gasteiger partial charge in [0.1, 0.15) is 5.75 Å². The van der Waals surface area contributed by atoms with Crippen molar-refractivity contribution in [3.8, 4) is 5.75 Å². The molecule has 3 N–H and O–H groups in total. The normalized spacial score (nSPS) is 22.5. The molecule has 8 heteroatoms. The molecule has 0 bridgehead atoms. The molecule has 1 unspecified atom stereocenters. The number of halogens is 1. The Morgan fingerprint density at radius 2 is 1.93 bits per heavy atom. The molecule has 1 aromatic rings. The smallest absolute Gasteiger partial charge is 0.251 e. The third-order valence-electron chi connectivity index (χ3n) is 5.40. The highest BCUT2D eigenvalue weighted by Crippen LogP contribution is 2.37. The number of phenolic OH excluding ortho intramolecular Hbond substituents is 1. The first-order valence-electron chi connectivity index (χ1n) is 9.72. The number of likely N-dealkylation sites (tertiary alicyclic amines) is 1. The van der Waals surface area contributed by atoms with Crippen molar-refractivity contribution in [3.05, 3.63) is 29.8 Å². The molecule has 28 heavy (non-hydrogen) atoms. The van der Waals surface area contributed by atoms with E-state index in [2.05, 4.69) is 20.5 Å². The number of rotatable bonds is 4. The number of piperidine rings is 1. The Bertz CT molecular complexity index is 654. The van der Waals surface area contributed by atoms with Gasteiger partial charge in [-0.15, -0.1) is 24.0 Å². The molecule has 1 amide bonds. The van der Waals surface area contributed by atoms with Crippen molar-refractivity contribution in [1.82, 2.24) is 15.5 Å². The molecule has 2 saturated heterocycles. The Morgan fingerprint density at radius 1 is 1.21 bits per heavy atom. The van der Waals surface area contributed by atoms with E-state index in [9.17, 15) is 9.90 Å². The molecule has 2 fully saturated rings. The van der Waals surface area contributed by atoms with Crippen molar-refractivity contribution in [3.63, 3.8) is 0 Å². The average Bonchev–Trinajstić information content (AvgIpc) is 2.69. The molecular weight excluding hydrogens is 471 g/mol. The van der Waals surface area contributed by atoms with Crippen molar-refractivity contribution < 1.29 is 14.6 Å². The van der Waals surface area contributed by atoms with Gasteiger partial charge in [-0.2, -0.15) is 0 Å². The number of amides is 1. The molecule has 7 nitrogen and oxygen atoms in total. The standard InChI is InChI=1S/C20H30N4O3.HI/c1-21-19(24-12-2-8-20(14-24)9-3-13-27-15-20)23-11-10-22-18(26)16-4-6-17(25)7-5-16;/h4-7,25H,2-3,8-15H2,1H3,(H,21,23)(H,22,26);1H.